The van der Waals surface area contributed by atoms with E-state index in [2.05, 4.69) is 4.98 Å². The van der Waals surface area contributed by atoms with E-state index < -0.39 is 0 Å². The summed E-state index contributed by atoms with van der Waals surface area (Å²) in [6.45, 7) is 1.24. The molecule has 5 nitrogen and oxygen atoms in total. The fourth-order valence-electron chi connectivity index (χ4n) is 2.50. The lowest BCUT2D eigenvalue weighted by molar-refractivity contribution is 0.0985. The van der Waals surface area contributed by atoms with Crippen LogP contribution in [0.15, 0.2) is 42.5 Å². The molecule has 3 rings (SSSR count). The number of hydrogen-bond acceptors (Lipinski definition) is 5. The maximum Gasteiger partial charge on any atom is 0.261 e. The molecule has 0 saturated carbocycles. The molecule has 1 heterocycles. The van der Waals surface area contributed by atoms with Gasteiger partial charge in [-0.15, -0.1) is 0 Å². The SMILES string of the molecule is COc1ccc2nc(N(CCN(C)C)C(=O)c3ccccc3Cl)sc2c1. The lowest BCUT2D eigenvalue weighted by Crippen LogP contribution is -2.36. The Kier molecular flexibility index (Phi) is 5.76. The highest BCUT2D eigenvalue weighted by atomic mass is 35.5. The van der Waals surface area contributed by atoms with Gasteiger partial charge in [0.05, 0.1) is 27.9 Å². The van der Waals surface area contributed by atoms with E-state index in [1.54, 1.807) is 24.1 Å². The van der Waals surface area contributed by atoms with Crippen LogP contribution in [0, 0.1) is 0 Å². The first-order valence-corrected chi connectivity index (χ1v) is 9.34. The van der Waals surface area contributed by atoms with E-state index in [0.29, 0.717) is 22.3 Å². The highest BCUT2D eigenvalue weighted by Gasteiger charge is 2.23. The van der Waals surface area contributed by atoms with Gasteiger partial charge >= 0.3 is 0 Å². The van der Waals surface area contributed by atoms with Crippen molar-refractivity contribution < 1.29 is 9.53 Å². The molecule has 0 radical (unpaired) electrons. The standard InChI is InChI=1S/C19H20ClN3O2S/c1-22(2)10-11-23(18(24)14-6-4-5-7-15(14)20)19-21-16-9-8-13(25-3)12-17(16)26-19/h4-9,12H,10-11H2,1-3H3. The number of thiazole rings is 1. The highest BCUT2D eigenvalue weighted by Crippen LogP contribution is 2.32. The number of benzene rings is 2. The van der Waals surface area contributed by atoms with Crippen molar-refractivity contribution >= 4 is 44.2 Å². The van der Waals surface area contributed by atoms with E-state index in [1.807, 2.05) is 49.3 Å². The first-order valence-electron chi connectivity index (χ1n) is 8.15. The van der Waals surface area contributed by atoms with E-state index in [-0.39, 0.29) is 5.91 Å². The molecule has 26 heavy (non-hydrogen) atoms. The van der Waals surface area contributed by atoms with Crippen LogP contribution in [0.4, 0.5) is 5.13 Å². The maximum atomic E-state index is 13.1. The van der Waals surface area contributed by atoms with Gasteiger partial charge in [-0.2, -0.15) is 0 Å². The number of hydrogen-bond donors (Lipinski definition) is 0. The Balaban J connectivity index is 2.00. The van der Waals surface area contributed by atoms with Crippen molar-refractivity contribution in [3.63, 3.8) is 0 Å². The van der Waals surface area contributed by atoms with Crippen molar-refractivity contribution in [1.29, 1.82) is 0 Å². The number of fused-ring (bicyclic) bond motifs is 1. The molecule has 0 saturated heterocycles. The van der Waals surface area contributed by atoms with Crippen molar-refractivity contribution in [3.05, 3.63) is 53.1 Å². The molecule has 2 aromatic carbocycles. The molecule has 0 aliphatic heterocycles. The Morgan fingerprint density at radius 3 is 2.65 bits per heavy atom. The van der Waals surface area contributed by atoms with Crippen LogP contribution in [0.5, 0.6) is 5.75 Å². The fraction of sp³-hybridized carbons (Fsp3) is 0.263. The Bertz CT molecular complexity index is 926. The summed E-state index contributed by atoms with van der Waals surface area (Å²) in [4.78, 5) is 21.5. The fourth-order valence-corrected chi connectivity index (χ4v) is 3.73. The van der Waals surface area contributed by atoms with Gasteiger partial charge in [0.25, 0.3) is 5.91 Å². The van der Waals surface area contributed by atoms with Crippen molar-refractivity contribution in [2.75, 3.05) is 39.2 Å². The van der Waals surface area contributed by atoms with E-state index in [1.165, 1.54) is 11.3 Å². The van der Waals surface area contributed by atoms with E-state index >= 15 is 0 Å². The minimum Gasteiger partial charge on any atom is -0.497 e. The van der Waals surface area contributed by atoms with Crippen LogP contribution in [-0.4, -0.2) is 50.1 Å². The number of likely N-dealkylation sites (N-methyl/N-ethyl adjacent to an activating group) is 1. The zero-order valence-corrected chi connectivity index (χ0v) is 16.5. The average molecular weight is 390 g/mol. The van der Waals surface area contributed by atoms with Crippen molar-refractivity contribution in [3.8, 4) is 5.75 Å². The van der Waals surface area contributed by atoms with Crippen LogP contribution >= 0.6 is 22.9 Å². The van der Waals surface area contributed by atoms with E-state index in [4.69, 9.17) is 16.3 Å². The molecule has 0 N–H and O–H groups in total. The van der Waals surface area contributed by atoms with E-state index in [9.17, 15) is 4.79 Å². The summed E-state index contributed by atoms with van der Waals surface area (Å²) in [5.41, 5.74) is 1.32. The Morgan fingerprint density at radius 2 is 1.96 bits per heavy atom. The second-order valence-electron chi connectivity index (χ2n) is 6.07. The average Bonchev–Trinajstić information content (AvgIpc) is 3.04. The van der Waals surface area contributed by atoms with Crippen LogP contribution < -0.4 is 9.64 Å². The van der Waals surface area contributed by atoms with Gasteiger partial charge in [0, 0.05) is 13.1 Å². The second kappa shape index (κ2) is 8.03. The predicted molar refractivity (Wildman–Crippen MR) is 108 cm³/mol. The van der Waals surface area contributed by atoms with Gasteiger partial charge < -0.3 is 9.64 Å². The normalized spacial score (nSPS) is 11.1. The Labute approximate surface area is 161 Å². The van der Waals surface area contributed by atoms with Gasteiger partial charge in [0.1, 0.15) is 5.75 Å². The summed E-state index contributed by atoms with van der Waals surface area (Å²) >= 11 is 7.71. The second-order valence-corrected chi connectivity index (χ2v) is 7.49. The molecule has 136 valence electrons. The van der Waals surface area contributed by atoms with Gasteiger partial charge in [-0.1, -0.05) is 35.1 Å². The molecule has 7 heteroatoms. The topological polar surface area (TPSA) is 45.7 Å². The smallest absolute Gasteiger partial charge is 0.261 e. The summed E-state index contributed by atoms with van der Waals surface area (Å²) in [5, 5.41) is 1.09. The number of carbonyl (C=O) groups is 1. The number of nitrogens with zero attached hydrogens (tertiary/aromatic N) is 3. The molecule has 1 amide bonds. The Morgan fingerprint density at radius 1 is 1.19 bits per heavy atom. The largest absolute Gasteiger partial charge is 0.497 e. The number of amides is 1. The highest BCUT2D eigenvalue weighted by molar-refractivity contribution is 7.22. The van der Waals surface area contributed by atoms with Gasteiger partial charge in [0.2, 0.25) is 0 Å². The number of anilines is 1. The zero-order valence-electron chi connectivity index (χ0n) is 14.9. The number of ether oxygens (including phenoxy) is 1. The lowest BCUT2D eigenvalue weighted by atomic mass is 10.2. The molecule has 3 aromatic rings. The zero-order chi connectivity index (χ0) is 18.7. The van der Waals surface area contributed by atoms with Crippen LogP contribution in [-0.2, 0) is 0 Å². The van der Waals surface area contributed by atoms with Gasteiger partial charge in [-0.05, 0) is 44.4 Å². The van der Waals surface area contributed by atoms with Crippen molar-refractivity contribution in [1.82, 2.24) is 9.88 Å². The predicted octanol–water partition coefficient (Wildman–Crippen LogP) is 4.17. The summed E-state index contributed by atoms with van der Waals surface area (Å²) in [6.07, 6.45) is 0. The minimum absolute atomic E-state index is 0.150. The monoisotopic (exact) mass is 389 g/mol. The van der Waals surface area contributed by atoms with Gasteiger partial charge in [0.15, 0.2) is 5.13 Å². The molecule has 0 spiro atoms. The molecular formula is C19H20ClN3O2S. The molecule has 0 fully saturated rings. The third kappa shape index (κ3) is 3.98. The molecule has 0 bridgehead atoms. The summed E-state index contributed by atoms with van der Waals surface area (Å²) < 4.78 is 6.25. The van der Waals surface area contributed by atoms with Gasteiger partial charge in [-0.25, -0.2) is 4.98 Å². The number of halogens is 1. The van der Waals surface area contributed by atoms with Crippen molar-refractivity contribution in [2.24, 2.45) is 0 Å². The van der Waals surface area contributed by atoms with Gasteiger partial charge in [-0.3, -0.25) is 9.69 Å². The maximum absolute atomic E-state index is 13.1. The van der Waals surface area contributed by atoms with E-state index in [0.717, 1.165) is 22.5 Å². The molecule has 0 aliphatic rings. The molecule has 0 unspecified atom stereocenters. The quantitative estimate of drug-likeness (QED) is 0.634. The first-order chi connectivity index (χ1) is 12.5. The van der Waals surface area contributed by atoms with Crippen LogP contribution in [0.2, 0.25) is 5.02 Å². The molecule has 0 aliphatic carbocycles. The lowest BCUT2D eigenvalue weighted by Gasteiger charge is -2.22. The van der Waals surface area contributed by atoms with Crippen LogP contribution in [0.1, 0.15) is 10.4 Å². The summed E-state index contributed by atoms with van der Waals surface area (Å²) in [7, 11) is 5.58. The number of carbonyl (C=O) groups excluding carboxylic acids is 1. The van der Waals surface area contributed by atoms with Crippen molar-refractivity contribution in [2.45, 2.75) is 0 Å². The van der Waals surface area contributed by atoms with Crippen LogP contribution in [0.25, 0.3) is 10.2 Å². The summed E-state index contributed by atoms with van der Waals surface area (Å²) in [5.74, 6) is 0.619. The third-order valence-electron chi connectivity index (χ3n) is 3.94. The third-order valence-corrected chi connectivity index (χ3v) is 5.31. The Hall–Kier alpha value is -2.15. The van der Waals surface area contributed by atoms with Crippen LogP contribution in [0.3, 0.4) is 0 Å². The molecular weight excluding hydrogens is 370 g/mol. The minimum atomic E-state index is -0.150. The number of rotatable bonds is 6. The number of methoxy groups -OCH3 is 1. The summed E-state index contributed by atoms with van der Waals surface area (Å²) in [6, 6.07) is 12.8. The molecule has 0 atom stereocenters. The number of aromatic nitrogens is 1. The molecule has 1 aromatic heterocycles. The first kappa shape index (κ1) is 18.6.